The molecule has 2 rings (SSSR count). The van der Waals surface area contributed by atoms with E-state index in [1.54, 1.807) is 11.4 Å². The predicted octanol–water partition coefficient (Wildman–Crippen LogP) is 2.47. The van der Waals surface area contributed by atoms with E-state index in [9.17, 15) is 8.42 Å². The third-order valence-electron chi connectivity index (χ3n) is 3.84. The highest BCUT2D eigenvalue weighted by Crippen LogP contribution is 2.25. The number of rotatable bonds is 5. The van der Waals surface area contributed by atoms with E-state index in [4.69, 9.17) is 4.74 Å². The van der Waals surface area contributed by atoms with Crippen LogP contribution in [-0.4, -0.2) is 32.9 Å². The van der Waals surface area contributed by atoms with Gasteiger partial charge in [0, 0.05) is 24.7 Å². The number of hydrogen-bond donors (Lipinski definition) is 1. The molecule has 0 amide bonds. The van der Waals surface area contributed by atoms with Gasteiger partial charge in [0.25, 0.3) is 10.2 Å². The monoisotopic (exact) mass is 312 g/mol. The molecule has 1 atom stereocenters. The summed E-state index contributed by atoms with van der Waals surface area (Å²) < 4.78 is 34.6. The normalized spacial score (nSPS) is 19.0. The maximum Gasteiger partial charge on any atom is 0.279 e. The molecule has 1 N–H and O–H groups in total. The summed E-state index contributed by atoms with van der Waals surface area (Å²) in [6.45, 7) is 3.05. The number of hydrogen-bond acceptors (Lipinski definition) is 3. The average molecular weight is 312 g/mol. The van der Waals surface area contributed by atoms with Crippen molar-refractivity contribution < 1.29 is 13.2 Å². The Labute approximate surface area is 127 Å². The van der Waals surface area contributed by atoms with Crippen LogP contribution >= 0.6 is 0 Å². The molecule has 0 radical (unpaired) electrons. The summed E-state index contributed by atoms with van der Waals surface area (Å²) >= 11 is 0. The summed E-state index contributed by atoms with van der Waals surface area (Å²) in [4.78, 5) is 0. The molecule has 1 aromatic carbocycles. The third-order valence-corrected chi connectivity index (χ3v) is 5.53. The number of methoxy groups -OCH3 is 1. The first kappa shape index (κ1) is 16.3. The summed E-state index contributed by atoms with van der Waals surface area (Å²) in [7, 11) is -1.86. The summed E-state index contributed by atoms with van der Waals surface area (Å²) in [5.74, 6) is 0.698. The van der Waals surface area contributed by atoms with Crippen molar-refractivity contribution in [2.75, 3.05) is 20.2 Å². The molecule has 6 heteroatoms. The van der Waals surface area contributed by atoms with Crippen LogP contribution < -0.4 is 9.46 Å². The number of benzene rings is 1. The molecule has 1 unspecified atom stereocenters. The number of para-hydroxylation sites is 1. The van der Waals surface area contributed by atoms with Gasteiger partial charge < -0.3 is 4.74 Å². The fourth-order valence-electron chi connectivity index (χ4n) is 2.67. The number of nitrogens with zero attached hydrogens (tertiary/aromatic N) is 1. The highest BCUT2D eigenvalue weighted by Gasteiger charge is 2.25. The Morgan fingerprint density at radius 2 is 1.76 bits per heavy atom. The average Bonchev–Trinajstić information content (AvgIpc) is 2.76. The van der Waals surface area contributed by atoms with Gasteiger partial charge in [-0.1, -0.05) is 31.0 Å². The third kappa shape index (κ3) is 4.18. The molecule has 5 nitrogen and oxygen atoms in total. The molecule has 0 spiro atoms. The van der Waals surface area contributed by atoms with Gasteiger partial charge in [-0.05, 0) is 25.8 Å². The fraction of sp³-hybridized carbons (Fsp3) is 0.600. The van der Waals surface area contributed by atoms with Gasteiger partial charge in [0.15, 0.2) is 0 Å². The zero-order chi connectivity index (χ0) is 15.3. The molecule has 1 aliphatic rings. The molecule has 1 heterocycles. The zero-order valence-corrected chi connectivity index (χ0v) is 13.5. The molecule has 1 aliphatic heterocycles. The summed E-state index contributed by atoms with van der Waals surface area (Å²) in [5.41, 5.74) is 0.846. The Morgan fingerprint density at radius 1 is 1.14 bits per heavy atom. The van der Waals surface area contributed by atoms with Crippen LogP contribution in [0.15, 0.2) is 24.3 Å². The Morgan fingerprint density at radius 3 is 2.38 bits per heavy atom. The van der Waals surface area contributed by atoms with Crippen LogP contribution in [0.4, 0.5) is 0 Å². The number of nitrogens with one attached hydrogen (secondary N) is 1. The quantitative estimate of drug-likeness (QED) is 0.908. The lowest BCUT2D eigenvalue weighted by atomic mass is 10.1. The highest BCUT2D eigenvalue weighted by molar-refractivity contribution is 7.87. The van der Waals surface area contributed by atoms with Gasteiger partial charge in [-0.15, -0.1) is 0 Å². The first-order valence-electron chi connectivity index (χ1n) is 7.45. The maximum absolute atomic E-state index is 12.5. The van der Waals surface area contributed by atoms with E-state index in [0.717, 1.165) is 31.2 Å². The van der Waals surface area contributed by atoms with E-state index < -0.39 is 10.2 Å². The Hall–Kier alpha value is -1.11. The summed E-state index contributed by atoms with van der Waals surface area (Å²) in [6, 6.07) is 7.15. The van der Waals surface area contributed by atoms with Crippen LogP contribution in [0, 0.1) is 0 Å². The Bertz CT molecular complexity index is 552. The Balaban J connectivity index is 2.11. The fourth-order valence-corrected chi connectivity index (χ4v) is 4.13. The van der Waals surface area contributed by atoms with Crippen LogP contribution in [0.1, 0.15) is 44.2 Å². The van der Waals surface area contributed by atoms with Gasteiger partial charge in [-0.3, -0.25) is 0 Å². The molecule has 1 fully saturated rings. The largest absolute Gasteiger partial charge is 0.496 e. The molecule has 0 bridgehead atoms. The van der Waals surface area contributed by atoms with Crippen molar-refractivity contribution in [1.29, 1.82) is 0 Å². The van der Waals surface area contributed by atoms with Gasteiger partial charge in [0.2, 0.25) is 0 Å². The van der Waals surface area contributed by atoms with Crippen LogP contribution in [-0.2, 0) is 10.2 Å². The van der Waals surface area contributed by atoms with Crippen LogP contribution in [0.3, 0.4) is 0 Å². The highest BCUT2D eigenvalue weighted by atomic mass is 32.2. The molecule has 0 aromatic heterocycles. The van der Waals surface area contributed by atoms with Crippen molar-refractivity contribution in [3.8, 4) is 5.75 Å². The first-order chi connectivity index (χ1) is 10.0. The van der Waals surface area contributed by atoms with E-state index in [1.165, 1.54) is 0 Å². The van der Waals surface area contributed by atoms with Crippen molar-refractivity contribution >= 4 is 10.2 Å². The van der Waals surface area contributed by atoms with Gasteiger partial charge >= 0.3 is 0 Å². The van der Waals surface area contributed by atoms with Crippen molar-refractivity contribution in [2.24, 2.45) is 0 Å². The van der Waals surface area contributed by atoms with Gasteiger partial charge in [-0.25, -0.2) is 0 Å². The Kier molecular flexibility index (Phi) is 5.61. The topological polar surface area (TPSA) is 58.6 Å². The first-order valence-corrected chi connectivity index (χ1v) is 8.89. The maximum atomic E-state index is 12.5. The van der Waals surface area contributed by atoms with Crippen molar-refractivity contribution in [1.82, 2.24) is 9.03 Å². The molecular weight excluding hydrogens is 288 g/mol. The van der Waals surface area contributed by atoms with Crippen molar-refractivity contribution in [3.63, 3.8) is 0 Å². The van der Waals surface area contributed by atoms with E-state index in [2.05, 4.69) is 4.72 Å². The molecule has 1 aromatic rings. The van der Waals surface area contributed by atoms with Gasteiger partial charge in [-0.2, -0.15) is 17.4 Å². The predicted molar refractivity (Wildman–Crippen MR) is 83.5 cm³/mol. The molecule has 0 saturated carbocycles. The molecule has 0 aliphatic carbocycles. The van der Waals surface area contributed by atoms with E-state index in [0.29, 0.717) is 18.8 Å². The lowest BCUT2D eigenvalue weighted by Crippen LogP contribution is -2.42. The van der Waals surface area contributed by atoms with Crippen LogP contribution in [0.25, 0.3) is 0 Å². The van der Waals surface area contributed by atoms with Gasteiger partial charge in [0.1, 0.15) is 5.75 Å². The zero-order valence-electron chi connectivity index (χ0n) is 12.7. The SMILES string of the molecule is COc1ccccc1C(C)NS(=O)(=O)N1CCCCCC1. The molecule has 1 saturated heterocycles. The lowest BCUT2D eigenvalue weighted by Gasteiger charge is -2.24. The minimum Gasteiger partial charge on any atom is -0.496 e. The van der Waals surface area contributed by atoms with Crippen LogP contribution in [0.5, 0.6) is 5.75 Å². The lowest BCUT2D eigenvalue weighted by molar-refractivity contribution is 0.397. The number of ether oxygens (including phenoxy) is 1. The van der Waals surface area contributed by atoms with E-state index >= 15 is 0 Å². The molecular formula is C15H24N2O3S. The second kappa shape index (κ2) is 7.24. The van der Waals surface area contributed by atoms with E-state index in [1.807, 2.05) is 31.2 Å². The second-order valence-electron chi connectivity index (χ2n) is 5.40. The minimum absolute atomic E-state index is 0.325. The summed E-state index contributed by atoms with van der Waals surface area (Å²) in [6.07, 6.45) is 4.08. The summed E-state index contributed by atoms with van der Waals surface area (Å²) in [5, 5.41) is 0. The minimum atomic E-state index is -3.45. The van der Waals surface area contributed by atoms with Crippen molar-refractivity contribution in [3.05, 3.63) is 29.8 Å². The molecule has 118 valence electrons. The van der Waals surface area contributed by atoms with Gasteiger partial charge in [0.05, 0.1) is 7.11 Å². The molecule has 21 heavy (non-hydrogen) atoms. The van der Waals surface area contributed by atoms with Crippen molar-refractivity contribution in [2.45, 2.75) is 38.6 Å². The standard InChI is InChI=1S/C15H24N2O3S/c1-13(14-9-5-6-10-15(14)20-2)16-21(18,19)17-11-7-3-4-8-12-17/h5-6,9-10,13,16H,3-4,7-8,11-12H2,1-2H3. The second-order valence-corrected chi connectivity index (χ2v) is 7.10. The van der Waals surface area contributed by atoms with Crippen LogP contribution in [0.2, 0.25) is 0 Å². The van der Waals surface area contributed by atoms with E-state index in [-0.39, 0.29) is 6.04 Å². The smallest absolute Gasteiger partial charge is 0.279 e.